The molecule has 0 spiro atoms. The van der Waals surface area contributed by atoms with E-state index in [1.807, 2.05) is 0 Å². The summed E-state index contributed by atoms with van der Waals surface area (Å²) in [6, 6.07) is -0.364. The van der Waals surface area contributed by atoms with Crippen LogP contribution in [0.1, 0.15) is 25.7 Å². The van der Waals surface area contributed by atoms with Gasteiger partial charge < -0.3 is 26.0 Å². The largest absolute Gasteiger partial charge is 0.481 e. The normalized spacial score (nSPS) is 14.6. The molecule has 120 valence electrons. The number of rotatable bonds is 8. The number of aliphatic carboxylic acids is 1. The molecule has 8 heteroatoms. The third-order valence-corrected chi connectivity index (χ3v) is 3.22. The van der Waals surface area contributed by atoms with Gasteiger partial charge >= 0.3 is 12.0 Å². The second kappa shape index (κ2) is 9.98. The van der Waals surface area contributed by atoms with Crippen LogP contribution < -0.4 is 16.0 Å². The average Bonchev–Trinajstić information content (AvgIpc) is 2.49. The highest BCUT2D eigenvalue weighted by molar-refractivity contribution is 5.84. The number of urea groups is 1. The van der Waals surface area contributed by atoms with Crippen molar-refractivity contribution in [1.29, 1.82) is 0 Å². The zero-order valence-electron chi connectivity index (χ0n) is 12.2. The van der Waals surface area contributed by atoms with Gasteiger partial charge in [-0.3, -0.25) is 9.59 Å². The van der Waals surface area contributed by atoms with Crippen molar-refractivity contribution in [3.05, 3.63) is 0 Å². The number of hydrogen-bond donors (Lipinski definition) is 4. The van der Waals surface area contributed by atoms with Gasteiger partial charge in [-0.25, -0.2) is 4.79 Å². The maximum Gasteiger partial charge on any atom is 0.315 e. The molecular formula is C13H24N4O4. The summed E-state index contributed by atoms with van der Waals surface area (Å²) < 4.78 is 0. The Morgan fingerprint density at radius 2 is 1.76 bits per heavy atom. The Bertz CT molecular complexity index is 356. The lowest BCUT2D eigenvalue weighted by molar-refractivity contribution is -0.137. The highest BCUT2D eigenvalue weighted by Crippen LogP contribution is 1.98. The molecule has 1 aliphatic rings. The number of carbonyl (C=O) groups excluding carboxylic acids is 2. The van der Waals surface area contributed by atoms with E-state index >= 15 is 0 Å². The van der Waals surface area contributed by atoms with Gasteiger partial charge in [-0.2, -0.15) is 0 Å². The quantitative estimate of drug-likeness (QED) is 0.446. The van der Waals surface area contributed by atoms with Crippen LogP contribution in [0.25, 0.3) is 0 Å². The molecule has 0 saturated carbocycles. The molecule has 3 amide bonds. The second-order valence-electron chi connectivity index (χ2n) is 4.94. The fraction of sp³-hybridized carbons (Fsp3) is 0.769. The Morgan fingerprint density at radius 3 is 2.43 bits per heavy atom. The molecule has 1 aliphatic heterocycles. The van der Waals surface area contributed by atoms with E-state index in [1.165, 1.54) is 0 Å². The maximum atomic E-state index is 11.8. The van der Waals surface area contributed by atoms with Gasteiger partial charge in [-0.15, -0.1) is 0 Å². The number of nitrogens with zero attached hydrogens (tertiary/aromatic N) is 1. The molecule has 0 aromatic carbocycles. The third-order valence-electron chi connectivity index (χ3n) is 3.22. The lowest BCUT2D eigenvalue weighted by atomic mass is 10.2. The summed E-state index contributed by atoms with van der Waals surface area (Å²) in [5, 5.41) is 16.8. The summed E-state index contributed by atoms with van der Waals surface area (Å²) >= 11 is 0. The van der Waals surface area contributed by atoms with E-state index in [0.29, 0.717) is 26.1 Å². The molecule has 0 aromatic heterocycles. The number of nitrogens with one attached hydrogen (secondary N) is 3. The van der Waals surface area contributed by atoms with Crippen molar-refractivity contribution in [3.63, 3.8) is 0 Å². The predicted molar refractivity (Wildman–Crippen MR) is 77.0 cm³/mol. The number of carboxylic acids is 1. The zero-order valence-corrected chi connectivity index (χ0v) is 12.2. The van der Waals surface area contributed by atoms with Crippen LogP contribution in [0, 0.1) is 0 Å². The van der Waals surface area contributed by atoms with Crippen molar-refractivity contribution in [1.82, 2.24) is 20.9 Å². The minimum Gasteiger partial charge on any atom is -0.481 e. The first-order valence-corrected chi connectivity index (χ1v) is 7.31. The summed E-state index contributed by atoms with van der Waals surface area (Å²) in [5.74, 6) is -0.875. The fourth-order valence-corrected chi connectivity index (χ4v) is 2.02. The molecule has 0 bridgehead atoms. The number of unbranched alkanes of at least 4 members (excludes halogenated alkanes) is 2. The van der Waals surface area contributed by atoms with E-state index < -0.39 is 5.97 Å². The highest BCUT2D eigenvalue weighted by Gasteiger charge is 2.16. The van der Waals surface area contributed by atoms with E-state index in [1.54, 1.807) is 4.90 Å². The third kappa shape index (κ3) is 8.13. The average molecular weight is 300 g/mol. The minimum absolute atomic E-state index is 0.00481. The molecule has 0 radical (unpaired) electrons. The monoisotopic (exact) mass is 300 g/mol. The number of hydrogen-bond acceptors (Lipinski definition) is 4. The van der Waals surface area contributed by atoms with Crippen LogP contribution in [0.2, 0.25) is 0 Å². The summed E-state index contributed by atoms with van der Waals surface area (Å²) in [6.07, 6.45) is 2.25. The van der Waals surface area contributed by atoms with Crippen molar-refractivity contribution in [2.24, 2.45) is 0 Å². The molecule has 0 unspecified atom stereocenters. The molecule has 4 N–H and O–H groups in total. The van der Waals surface area contributed by atoms with Crippen molar-refractivity contribution in [3.8, 4) is 0 Å². The van der Waals surface area contributed by atoms with Crippen LogP contribution in [0.5, 0.6) is 0 Å². The standard InChI is InChI=1S/C13H24N4O4/c18-11(17-8-6-14-7-9-17)10-16-13(21)15-5-3-1-2-4-12(19)20/h14H,1-10H2,(H,19,20)(H2,15,16,21). The zero-order chi connectivity index (χ0) is 15.5. The minimum atomic E-state index is -0.799. The van der Waals surface area contributed by atoms with Crippen molar-refractivity contribution >= 4 is 17.9 Å². The molecule has 8 nitrogen and oxygen atoms in total. The van der Waals surface area contributed by atoms with Gasteiger partial charge in [-0.1, -0.05) is 6.42 Å². The van der Waals surface area contributed by atoms with Crippen LogP contribution >= 0.6 is 0 Å². The lowest BCUT2D eigenvalue weighted by Gasteiger charge is -2.27. The Kier molecular flexibility index (Phi) is 8.18. The number of carbonyl (C=O) groups is 3. The highest BCUT2D eigenvalue weighted by atomic mass is 16.4. The summed E-state index contributed by atoms with van der Waals surface area (Å²) in [7, 11) is 0. The smallest absolute Gasteiger partial charge is 0.315 e. The molecule has 21 heavy (non-hydrogen) atoms. The molecule has 1 fully saturated rings. The molecule has 0 aromatic rings. The Labute approximate surface area is 124 Å². The molecule has 1 rings (SSSR count). The van der Waals surface area contributed by atoms with Gasteiger partial charge in [0.1, 0.15) is 0 Å². The summed E-state index contributed by atoms with van der Waals surface area (Å²) in [6.45, 7) is 3.40. The molecule has 1 saturated heterocycles. The van der Waals surface area contributed by atoms with Crippen molar-refractivity contribution < 1.29 is 19.5 Å². The SMILES string of the molecule is O=C(O)CCCCCNC(=O)NCC(=O)N1CCNCC1. The summed E-state index contributed by atoms with van der Waals surface area (Å²) in [5.41, 5.74) is 0. The van der Waals surface area contributed by atoms with Crippen LogP contribution in [-0.2, 0) is 9.59 Å². The van der Waals surface area contributed by atoms with E-state index in [4.69, 9.17) is 5.11 Å². The van der Waals surface area contributed by atoms with Crippen LogP contribution in [0.4, 0.5) is 4.79 Å². The first-order valence-electron chi connectivity index (χ1n) is 7.31. The molecular weight excluding hydrogens is 276 g/mol. The lowest BCUT2D eigenvalue weighted by Crippen LogP contribution is -2.50. The first-order chi connectivity index (χ1) is 10.1. The van der Waals surface area contributed by atoms with Crippen LogP contribution in [0.3, 0.4) is 0 Å². The van der Waals surface area contributed by atoms with E-state index in [-0.39, 0.29) is 24.9 Å². The topological polar surface area (TPSA) is 111 Å². The predicted octanol–water partition coefficient (Wildman–Crippen LogP) is -0.638. The van der Waals surface area contributed by atoms with E-state index in [2.05, 4.69) is 16.0 Å². The van der Waals surface area contributed by atoms with E-state index in [9.17, 15) is 14.4 Å². The van der Waals surface area contributed by atoms with E-state index in [0.717, 1.165) is 25.9 Å². The van der Waals surface area contributed by atoms with Gasteiger partial charge in [0.25, 0.3) is 0 Å². The van der Waals surface area contributed by atoms with Crippen LogP contribution in [0.15, 0.2) is 0 Å². The Hall–Kier alpha value is -1.83. The summed E-state index contributed by atoms with van der Waals surface area (Å²) in [4.78, 5) is 35.3. The molecule has 1 heterocycles. The van der Waals surface area contributed by atoms with Gasteiger partial charge in [0.05, 0.1) is 6.54 Å². The van der Waals surface area contributed by atoms with Gasteiger partial charge in [-0.05, 0) is 12.8 Å². The van der Waals surface area contributed by atoms with Gasteiger partial charge in [0.15, 0.2) is 0 Å². The van der Waals surface area contributed by atoms with Crippen molar-refractivity contribution in [2.45, 2.75) is 25.7 Å². The number of amides is 3. The Balaban J connectivity index is 2.00. The molecule has 0 atom stereocenters. The van der Waals surface area contributed by atoms with Gasteiger partial charge in [0, 0.05) is 39.1 Å². The first kappa shape index (κ1) is 17.2. The fourth-order valence-electron chi connectivity index (χ4n) is 2.02. The number of piperazine rings is 1. The van der Waals surface area contributed by atoms with Crippen molar-refractivity contribution in [2.75, 3.05) is 39.3 Å². The van der Waals surface area contributed by atoms with Gasteiger partial charge in [0.2, 0.25) is 5.91 Å². The number of carboxylic acid groups (broad SMARTS) is 1. The maximum absolute atomic E-state index is 11.8. The second-order valence-corrected chi connectivity index (χ2v) is 4.94. The Morgan fingerprint density at radius 1 is 1.05 bits per heavy atom. The molecule has 0 aliphatic carbocycles. The van der Waals surface area contributed by atoms with Crippen LogP contribution in [-0.4, -0.2) is 67.2 Å².